The molecule has 1 heterocycles. The molecule has 0 unspecified atom stereocenters. The number of carbonyl (C=O) groups excluding carboxylic acids is 1. The van der Waals surface area contributed by atoms with Crippen molar-refractivity contribution in [2.24, 2.45) is 0 Å². The highest BCUT2D eigenvalue weighted by Crippen LogP contribution is 2.31. The summed E-state index contributed by atoms with van der Waals surface area (Å²) < 4.78 is 9.91. The minimum absolute atomic E-state index is 0.0368. The zero-order valence-electron chi connectivity index (χ0n) is 12.1. The van der Waals surface area contributed by atoms with E-state index in [2.05, 4.69) is 5.32 Å². The van der Waals surface area contributed by atoms with Gasteiger partial charge in [-0.3, -0.25) is 4.79 Å². The first-order valence-corrected chi connectivity index (χ1v) is 7.14. The molecule has 0 saturated carbocycles. The highest BCUT2D eigenvalue weighted by molar-refractivity contribution is 6.36. The second-order valence-electron chi connectivity index (χ2n) is 4.78. The number of hydrogen-bond donors (Lipinski definition) is 1. The molecule has 0 atom stereocenters. The number of rotatable bonds is 3. The number of methoxy groups -OCH3 is 1. The van der Waals surface area contributed by atoms with Crippen LogP contribution in [0.4, 0.5) is 5.69 Å². The minimum atomic E-state index is -0.586. The molecular formula is C17H12ClNO4. The lowest BCUT2D eigenvalue weighted by molar-refractivity contribution is 0.102. The molecule has 1 N–H and O–H groups in total. The fourth-order valence-corrected chi connectivity index (χ4v) is 2.48. The van der Waals surface area contributed by atoms with Gasteiger partial charge >= 0.3 is 11.6 Å². The molecule has 0 fully saturated rings. The van der Waals surface area contributed by atoms with Gasteiger partial charge in [0.25, 0.3) is 5.91 Å². The molecule has 2 aromatic carbocycles. The molecule has 5 nitrogen and oxygen atoms in total. The largest absolute Gasteiger partial charge is 0.467 e. The van der Waals surface area contributed by atoms with Crippen LogP contribution in [0, 0.1) is 0 Å². The third-order valence-electron chi connectivity index (χ3n) is 3.32. The molecule has 0 saturated heterocycles. The quantitative estimate of drug-likeness (QED) is 0.795. The first kappa shape index (κ1) is 15.1. The van der Waals surface area contributed by atoms with Crippen molar-refractivity contribution >= 4 is 34.0 Å². The average molecular weight is 330 g/mol. The molecule has 0 aliphatic carbocycles. The maximum atomic E-state index is 12.1. The zero-order valence-corrected chi connectivity index (χ0v) is 12.9. The summed E-state index contributed by atoms with van der Waals surface area (Å²) in [6, 6.07) is 13.6. The number of anilines is 1. The topological polar surface area (TPSA) is 68.5 Å². The van der Waals surface area contributed by atoms with Gasteiger partial charge in [-0.15, -0.1) is 0 Å². The van der Waals surface area contributed by atoms with Crippen LogP contribution in [-0.4, -0.2) is 13.0 Å². The van der Waals surface area contributed by atoms with Gasteiger partial charge in [-0.2, -0.15) is 0 Å². The molecule has 116 valence electrons. The lowest BCUT2D eigenvalue weighted by atomic mass is 10.1. The van der Waals surface area contributed by atoms with Crippen molar-refractivity contribution in [3.8, 4) is 5.95 Å². The summed E-state index contributed by atoms with van der Waals surface area (Å²) >= 11 is 6.12. The van der Waals surface area contributed by atoms with Crippen LogP contribution >= 0.6 is 11.6 Å². The summed E-state index contributed by atoms with van der Waals surface area (Å²) in [6.07, 6.45) is 0. The maximum absolute atomic E-state index is 12.1. The van der Waals surface area contributed by atoms with Gasteiger partial charge in [0.05, 0.1) is 12.5 Å². The molecule has 3 rings (SSSR count). The predicted octanol–water partition coefficient (Wildman–Crippen LogP) is 3.71. The molecule has 0 spiro atoms. The summed E-state index contributed by atoms with van der Waals surface area (Å²) in [5, 5.41) is 3.71. The van der Waals surface area contributed by atoms with Gasteiger partial charge in [-0.05, 0) is 24.3 Å². The van der Waals surface area contributed by atoms with E-state index < -0.39 is 5.63 Å². The Kier molecular flexibility index (Phi) is 4.04. The Morgan fingerprint density at radius 2 is 1.87 bits per heavy atom. The van der Waals surface area contributed by atoms with Crippen LogP contribution in [0.5, 0.6) is 5.95 Å². The monoisotopic (exact) mass is 329 g/mol. The summed E-state index contributed by atoms with van der Waals surface area (Å²) in [5.41, 5.74) is 0.407. The van der Waals surface area contributed by atoms with Crippen molar-refractivity contribution in [3.63, 3.8) is 0 Å². The van der Waals surface area contributed by atoms with E-state index in [1.807, 2.05) is 6.07 Å². The fourth-order valence-electron chi connectivity index (χ4n) is 2.20. The maximum Gasteiger partial charge on any atom is 0.346 e. The third-order valence-corrected chi connectivity index (χ3v) is 3.68. The first-order valence-electron chi connectivity index (χ1n) is 6.77. The van der Waals surface area contributed by atoms with Gasteiger partial charge in [-0.1, -0.05) is 35.9 Å². The van der Waals surface area contributed by atoms with Crippen molar-refractivity contribution in [3.05, 3.63) is 69.5 Å². The lowest BCUT2D eigenvalue weighted by Gasteiger charge is -2.08. The van der Waals surface area contributed by atoms with Crippen molar-refractivity contribution < 1.29 is 13.9 Å². The summed E-state index contributed by atoms with van der Waals surface area (Å²) in [5.74, 6) is -0.306. The van der Waals surface area contributed by atoms with Crippen molar-refractivity contribution in [2.75, 3.05) is 12.4 Å². The first-order chi connectivity index (χ1) is 11.1. The Morgan fingerprint density at radius 1 is 1.13 bits per heavy atom. The van der Waals surface area contributed by atoms with Gasteiger partial charge < -0.3 is 14.5 Å². The highest BCUT2D eigenvalue weighted by atomic mass is 35.5. The Labute approximate surface area is 136 Å². The smallest absolute Gasteiger partial charge is 0.346 e. The number of ether oxygens (including phenoxy) is 1. The van der Waals surface area contributed by atoms with Crippen molar-refractivity contribution in [1.29, 1.82) is 0 Å². The Hall–Kier alpha value is -2.79. The van der Waals surface area contributed by atoms with Crippen LogP contribution in [0.3, 0.4) is 0 Å². The summed E-state index contributed by atoms with van der Waals surface area (Å²) in [7, 11) is 1.37. The predicted molar refractivity (Wildman–Crippen MR) is 88.4 cm³/mol. The average Bonchev–Trinajstić information content (AvgIpc) is 2.58. The van der Waals surface area contributed by atoms with Crippen molar-refractivity contribution in [1.82, 2.24) is 0 Å². The Balaban J connectivity index is 1.99. The normalized spacial score (nSPS) is 10.5. The molecule has 0 bridgehead atoms. The van der Waals surface area contributed by atoms with E-state index in [1.54, 1.807) is 36.4 Å². The minimum Gasteiger partial charge on any atom is -0.467 e. The molecule has 23 heavy (non-hydrogen) atoms. The van der Waals surface area contributed by atoms with E-state index in [-0.39, 0.29) is 22.3 Å². The second kappa shape index (κ2) is 6.14. The van der Waals surface area contributed by atoms with Gasteiger partial charge in [0.2, 0.25) is 0 Å². The number of benzene rings is 2. The molecule has 0 aliphatic heterocycles. The zero-order chi connectivity index (χ0) is 16.4. The Bertz CT molecular complexity index is 934. The van der Waals surface area contributed by atoms with Crippen molar-refractivity contribution in [2.45, 2.75) is 0 Å². The van der Waals surface area contributed by atoms with Gasteiger partial charge in [0, 0.05) is 16.6 Å². The van der Waals surface area contributed by atoms with Crippen LogP contribution in [0.1, 0.15) is 10.4 Å². The number of halogens is 1. The van der Waals surface area contributed by atoms with Crippen LogP contribution in [0.25, 0.3) is 10.8 Å². The molecule has 1 amide bonds. The van der Waals surface area contributed by atoms with E-state index in [9.17, 15) is 9.59 Å². The number of hydrogen-bond acceptors (Lipinski definition) is 4. The number of amides is 1. The number of fused-ring (bicyclic) bond motifs is 1. The third kappa shape index (κ3) is 2.91. The van der Waals surface area contributed by atoms with Gasteiger partial charge in [0.1, 0.15) is 5.02 Å². The number of nitrogens with one attached hydrogen (secondary N) is 1. The van der Waals surface area contributed by atoms with E-state index in [0.717, 1.165) is 0 Å². The second-order valence-corrected chi connectivity index (χ2v) is 5.15. The lowest BCUT2D eigenvalue weighted by Crippen LogP contribution is -2.12. The molecule has 1 aromatic heterocycles. The van der Waals surface area contributed by atoms with E-state index >= 15 is 0 Å². The molecule has 0 radical (unpaired) electrons. The summed E-state index contributed by atoms with van der Waals surface area (Å²) in [6.45, 7) is 0. The molecule has 6 heteroatoms. The van der Waals surface area contributed by atoms with Crippen LogP contribution in [0.15, 0.2) is 57.7 Å². The number of carbonyl (C=O) groups is 1. The standard InChI is InChI=1S/C17H12ClNO4/c1-22-17-14(18)12-8-7-11(9-13(12)16(21)23-17)19-15(20)10-5-3-2-4-6-10/h2-9H,1H3,(H,19,20). The SMILES string of the molecule is COc1oc(=O)c2cc(NC(=O)c3ccccc3)ccc2c1Cl. The van der Waals surface area contributed by atoms with E-state index in [0.29, 0.717) is 16.6 Å². The highest BCUT2D eigenvalue weighted by Gasteiger charge is 2.14. The molecular weight excluding hydrogens is 318 g/mol. The van der Waals surface area contributed by atoms with E-state index in [4.69, 9.17) is 20.8 Å². The fraction of sp³-hybridized carbons (Fsp3) is 0.0588. The van der Waals surface area contributed by atoms with Gasteiger partial charge in [-0.25, -0.2) is 4.79 Å². The molecule has 3 aromatic rings. The Morgan fingerprint density at radius 3 is 2.57 bits per heavy atom. The van der Waals surface area contributed by atoms with E-state index in [1.165, 1.54) is 13.2 Å². The van der Waals surface area contributed by atoms with Crippen LogP contribution in [-0.2, 0) is 0 Å². The summed E-state index contributed by atoms with van der Waals surface area (Å²) in [4.78, 5) is 24.1. The van der Waals surface area contributed by atoms with Gasteiger partial charge in [0.15, 0.2) is 0 Å². The molecule has 0 aliphatic rings. The van der Waals surface area contributed by atoms with Crippen LogP contribution < -0.4 is 15.7 Å². The van der Waals surface area contributed by atoms with Crippen LogP contribution in [0.2, 0.25) is 5.02 Å².